The molecule has 0 saturated heterocycles. The summed E-state index contributed by atoms with van der Waals surface area (Å²) in [5, 5.41) is 8.72. The van der Waals surface area contributed by atoms with Crippen molar-refractivity contribution in [3.8, 4) is 6.07 Å². The lowest BCUT2D eigenvalue weighted by molar-refractivity contribution is 0.461. The van der Waals surface area contributed by atoms with E-state index in [1.165, 1.54) is 0 Å². The number of rotatable bonds is 3. The maximum atomic E-state index is 8.72. The molecular formula is C8H14N2. The molecule has 1 aliphatic rings. The van der Waals surface area contributed by atoms with Gasteiger partial charge in [-0.2, -0.15) is 5.26 Å². The summed E-state index contributed by atoms with van der Waals surface area (Å²) >= 11 is 0. The van der Waals surface area contributed by atoms with E-state index in [2.05, 4.69) is 13.0 Å². The molecule has 1 rings (SSSR count). The predicted octanol–water partition coefficient (Wildman–Crippen LogP) is 1.42. The second-order valence-electron chi connectivity index (χ2n) is 3.16. The summed E-state index contributed by atoms with van der Waals surface area (Å²) in [5.41, 5.74) is 5.70. The van der Waals surface area contributed by atoms with Crippen LogP contribution in [-0.2, 0) is 0 Å². The Morgan fingerprint density at radius 1 is 1.70 bits per heavy atom. The summed E-state index contributed by atoms with van der Waals surface area (Å²) in [6, 6.07) is 2.44. The highest BCUT2D eigenvalue weighted by Gasteiger charge is 2.47. The molecule has 1 fully saturated rings. The fourth-order valence-electron chi connectivity index (χ4n) is 1.29. The van der Waals surface area contributed by atoms with Crippen LogP contribution in [0.3, 0.4) is 0 Å². The number of nitrogens with two attached hydrogens (primary N) is 1. The molecule has 0 radical (unpaired) electrons. The zero-order chi connectivity index (χ0) is 7.61. The van der Waals surface area contributed by atoms with Gasteiger partial charge in [-0.15, -0.1) is 0 Å². The van der Waals surface area contributed by atoms with Gasteiger partial charge in [-0.3, -0.25) is 0 Å². The van der Waals surface area contributed by atoms with Crippen LogP contribution in [0.1, 0.15) is 32.6 Å². The maximum absolute atomic E-state index is 8.72. The lowest BCUT2D eigenvalue weighted by Crippen LogP contribution is -2.30. The molecule has 0 amide bonds. The van der Waals surface area contributed by atoms with Crippen molar-refractivity contribution in [2.45, 2.75) is 38.6 Å². The Morgan fingerprint density at radius 3 is 2.60 bits per heavy atom. The topological polar surface area (TPSA) is 49.8 Å². The van der Waals surface area contributed by atoms with Crippen molar-refractivity contribution in [1.29, 1.82) is 5.26 Å². The first-order valence-corrected chi connectivity index (χ1v) is 3.92. The molecular weight excluding hydrogens is 124 g/mol. The highest BCUT2D eigenvalue weighted by Crippen LogP contribution is 2.48. The van der Waals surface area contributed by atoms with Crippen molar-refractivity contribution in [2.75, 3.05) is 0 Å². The SMILES string of the molecule is CCCC(N)C1(C#N)CC1. The van der Waals surface area contributed by atoms with E-state index in [1.54, 1.807) is 0 Å². The van der Waals surface area contributed by atoms with Crippen molar-refractivity contribution in [3.63, 3.8) is 0 Å². The first kappa shape index (κ1) is 7.56. The first-order chi connectivity index (χ1) is 4.75. The van der Waals surface area contributed by atoms with Crippen molar-refractivity contribution < 1.29 is 0 Å². The van der Waals surface area contributed by atoms with Crippen LogP contribution in [0.5, 0.6) is 0 Å². The highest BCUT2D eigenvalue weighted by atomic mass is 14.7. The largest absolute Gasteiger partial charge is 0.326 e. The second kappa shape index (κ2) is 2.59. The Kier molecular flexibility index (Phi) is 1.96. The molecule has 0 aromatic carbocycles. The van der Waals surface area contributed by atoms with E-state index in [0.717, 1.165) is 25.7 Å². The van der Waals surface area contributed by atoms with Crippen molar-refractivity contribution in [1.82, 2.24) is 0 Å². The van der Waals surface area contributed by atoms with Crippen LogP contribution in [-0.4, -0.2) is 6.04 Å². The smallest absolute Gasteiger partial charge is 0.0725 e. The molecule has 0 aromatic rings. The molecule has 1 unspecified atom stereocenters. The van der Waals surface area contributed by atoms with Gasteiger partial charge in [-0.05, 0) is 19.3 Å². The Morgan fingerprint density at radius 2 is 2.30 bits per heavy atom. The normalized spacial score (nSPS) is 23.3. The summed E-state index contributed by atoms with van der Waals surface area (Å²) in [6.07, 6.45) is 4.12. The molecule has 0 spiro atoms. The van der Waals surface area contributed by atoms with E-state index in [4.69, 9.17) is 11.0 Å². The molecule has 0 aliphatic heterocycles. The molecule has 10 heavy (non-hydrogen) atoms. The van der Waals surface area contributed by atoms with Crippen LogP contribution < -0.4 is 5.73 Å². The predicted molar refractivity (Wildman–Crippen MR) is 40.2 cm³/mol. The van der Waals surface area contributed by atoms with Gasteiger partial charge in [-0.25, -0.2) is 0 Å². The number of hydrogen-bond donors (Lipinski definition) is 1. The minimum Gasteiger partial charge on any atom is -0.326 e. The Balaban J connectivity index is 2.41. The summed E-state index contributed by atoms with van der Waals surface area (Å²) in [5.74, 6) is 0. The van der Waals surface area contributed by atoms with Gasteiger partial charge < -0.3 is 5.73 Å². The minimum atomic E-state index is -0.115. The quantitative estimate of drug-likeness (QED) is 0.641. The highest BCUT2D eigenvalue weighted by molar-refractivity contribution is 5.14. The Labute approximate surface area is 62.0 Å². The zero-order valence-electron chi connectivity index (χ0n) is 6.43. The number of hydrogen-bond acceptors (Lipinski definition) is 2. The average molecular weight is 138 g/mol. The summed E-state index contributed by atoms with van der Waals surface area (Å²) in [4.78, 5) is 0. The second-order valence-corrected chi connectivity index (χ2v) is 3.16. The lowest BCUT2D eigenvalue weighted by Gasteiger charge is -2.14. The summed E-state index contributed by atoms with van der Waals surface area (Å²) in [7, 11) is 0. The van der Waals surface area contributed by atoms with Crippen LogP contribution in [0.15, 0.2) is 0 Å². The zero-order valence-corrected chi connectivity index (χ0v) is 6.43. The molecule has 1 atom stereocenters. The third-order valence-corrected chi connectivity index (χ3v) is 2.32. The van der Waals surface area contributed by atoms with Gasteiger partial charge in [0.05, 0.1) is 11.5 Å². The lowest BCUT2D eigenvalue weighted by atomic mass is 9.95. The Hall–Kier alpha value is -0.550. The molecule has 2 heteroatoms. The summed E-state index contributed by atoms with van der Waals surface area (Å²) in [6.45, 7) is 2.10. The average Bonchev–Trinajstić information content (AvgIpc) is 2.68. The van der Waals surface area contributed by atoms with Gasteiger partial charge in [0, 0.05) is 6.04 Å². The fourth-order valence-corrected chi connectivity index (χ4v) is 1.29. The van der Waals surface area contributed by atoms with E-state index in [1.807, 2.05) is 0 Å². The number of nitriles is 1. The molecule has 56 valence electrons. The fraction of sp³-hybridized carbons (Fsp3) is 0.875. The molecule has 2 nitrogen and oxygen atoms in total. The van der Waals surface area contributed by atoms with E-state index < -0.39 is 0 Å². The van der Waals surface area contributed by atoms with Crippen LogP contribution >= 0.6 is 0 Å². The van der Waals surface area contributed by atoms with Gasteiger partial charge in [0.2, 0.25) is 0 Å². The molecule has 0 aromatic heterocycles. The Bertz CT molecular complexity index is 153. The van der Waals surface area contributed by atoms with E-state index in [0.29, 0.717) is 0 Å². The van der Waals surface area contributed by atoms with Crippen LogP contribution in [0.25, 0.3) is 0 Å². The first-order valence-electron chi connectivity index (χ1n) is 3.92. The summed E-state index contributed by atoms with van der Waals surface area (Å²) < 4.78 is 0. The van der Waals surface area contributed by atoms with E-state index in [-0.39, 0.29) is 11.5 Å². The van der Waals surface area contributed by atoms with E-state index in [9.17, 15) is 0 Å². The molecule has 1 saturated carbocycles. The van der Waals surface area contributed by atoms with Crippen molar-refractivity contribution >= 4 is 0 Å². The standard InChI is InChI=1S/C8H14N2/c1-2-3-7(10)8(6-9)4-5-8/h7H,2-5,10H2,1H3. The van der Waals surface area contributed by atoms with Crippen LogP contribution in [0, 0.1) is 16.7 Å². The molecule has 0 bridgehead atoms. The molecule has 2 N–H and O–H groups in total. The van der Waals surface area contributed by atoms with Gasteiger partial charge in [0.1, 0.15) is 0 Å². The van der Waals surface area contributed by atoms with Gasteiger partial charge in [0.25, 0.3) is 0 Å². The monoisotopic (exact) mass is 138 g/mol. The van der Waals surface area contributed by atoms with E-state index >= 15 is 0 Å². The van der Waals surface area contributed by atoms with Gasteiger partial charge in [0.15, 0.2) is 0 Å². The van der Waals surface area contributed by atoms with Crippen molar-refractivity contribution in [3.05, 3.63) is 0 Å². The number of nitrogens with zero attached hydrogens (tertiary/aromatic N) is 1. The molecule has 1 aliphatic carbocycles. The van der Waals surface area contributed by atoms with Gasteiger partial charge in [-0.1, -0.05) is 13.3 Å². The third-order valence-electron chi connectivity index (χ3n) is 2.32. The maximum Gasteiger partial charge on any atom is 0.0725 e. The van der Waals surface area contributed by atoms with Crippen LogP contribution in [0.4, 0.5) is 0 Å². The van der Waals surface area contributed by atoms with Crippen molar-refractivity contribution in [2.24, 2.45) is 11.1 Å². The third kappa shape index (κ3) is 1.15. The van der Waals surface area contributed by atoms with Crippen LogP contribution in [0.2, 0.25) is 0 Å². The molecule has 0 heterocycles. The van der Waals surface area contributed by atoms with Gasteiger partial charge >= 0.3 is 0 Å². The minimum absolute atomic E-state index is 0.115.